The summed E-state index contributed by atoms with van der Waals surface area (Å²) in [7, 11) is 3.09. The number of halogens is 2. The van der Waals surface area contributed by atoms with Crippen molar-refractivity contribution in [1.29, 1.82) is 0 Å². The molecule has 1 aromatic carbocycles. The van der Waals surface area contributed by atoms with Gasteiger partial charge in [0.05, 0.1) is 6.10 Å². The summed E-state index contributed by atoms with van der Waals surface area (Å²) in [6, 6.07) is 3.69. The molecule has 27 heavy (non-hydrogen) atoms. The third-order valence-electron chi connectivity index (χ3n) is 4.86. The number of hydrogen-bond acceptors (Lipinski definition) is 3. The Morgan fingerprint density at radius 3 is 2.15 bits per heavy atom. The van der Waals surface area contributed by atoms with Crippen molar-refractivity contribution in [2.24, 2.45) is 5.92 Å². The summed E-state index contributed by atoms with van der Waals surface area (Å²) in [6.45, 7) is 6.02. The molecule has 0 aromatic heterocycles. The highest BCUT2D eigenvalue weighted by molar-refractivity contribution is 5.19. The summed E-state index contributed by atoms with van der Waals surface area (Å²) in [5.74, 6) is -2.58. The minimum atomic E-state index is -1.25. The molecule has 0 N–H and O–H groups in total. The first-order chi connectivity index (χ1) is 12.9. The first-order valence-corrected chi connectivity index (χ1v) is 10.1. The van der Waals surface area contributed by atoms with Crippen molar-refractivity contribution in [3.63, 3.8) is 0 Å². The van der Waals surface area contributed by atoms with Gasteiger partial charge in [-0.1, -0.05) is 51.5 Å². The number of ether oxygens (including phenoxy) is 3. The average molecular weight is 387 g/mol. The van der Waals surface area contributed by atoms with E-state index in [0.717, 1.165) is 25.3 Å². The normalized spacial score (nSPS) is 13.3. The molecule has 0 aliphatic carbocycles. The molecule has 5 heteroatoms. The fourth-order valence-electron chi connectivity index (χ4n) is 3.47. The third kappa shape index (κ3) is 7.84. The maximum absolute atomic E-state index is 14.2. The lowest BCUT2D eigenvalue weighted by molar-refractivity contribution is -0.398. The van der Waals surface area contributed by atoms with Gasteiger partial charge in [0.25, 0.3) is 5.97 Å². The van der Waals surface area contributed by atoms with Crippen LogP contribution in [-0.4, -0.2) is 26.3 Å². The highest BCUT2D eigenvalue weighted by Gasteiger charge is 2.41. The van der Waals surface area contributed by atoms with Gasteiger partial charge in [-0.3, -0.25) is 0 Å². The smallest absolute Gasteiger partial charge is 0.285 e. The fraction of sp³-hybridized carbons (Fsp3) is 0.727. The number of hydrogen-bond donors (Lipinski definition) is 0. The molecule has 1 aromatic rings. The van der Waals surface area contributed by atoms with Crippen molar-refractivity contribution >= 4 is 0 Å². The van der Waals surface area contributed by atoms with Crippen molar-refractivity contribution in [3.05, 3.63) is 35.4 Å². The average Bonchev–Trinajstić information content (AvgIpc) is 2.63. The number of benzene rings is 1. The minimum Gasteiger partial charge on any atom is -0.331 e. The Morgan fingerprint density at radius 2 is 1.59 bits per heavy atom. The standard InChI is InChI=1S/C22H36F2O3/c1-6-7-8-9-10-11-12-19(22(25-4,26-5)27-17(2)3)15-18-13-14-20(23)16-21(18)24/h13-14,16-17,19H,6-12,15H2,1-5H3. The quantitative estimate of drug-likeness (QED) is 0.279. The number of rotatable bonds is 14. The Labute approximate surface area is 163 Å². The summed E-state index contributed by atoms with van der Waals surface area (Å²) < 4.78 is 44.8. The van der Waals surface area contributed by atoms with Crippen molar-refractivity contribution < 1.29 is 23.0 Å². The molecule has 0 amide bonds. The van der Waals surface area contributed by atoms with Crippen LogP contribution in [0.1, 0.15) is 71.3 Å². The van der Waals surface area contributed by atoms with Gasteiger partial charge in [0.15, 0.2) is 0 Å². The molecule has 0 spiro atoms. The Bertz CT molecular complexity index is 530. The molecule has 1 atom stereocenters. The molecular formula is C22H36F2O3. The number of methoxy groups -OCH3 is 2. The predicted octanol–water partition coefficient (Wildman–Crippen LogP) is 6.25. The minimum absolute atomic E-state index is 0.116. The highest BCUT2D eigenvalue weighted by atomic mass is 19.1. The van der Waals surface area contributed by atoms with Crippen molar-refractivity contribution in [2.45, 2.75) is 84.2 Å². The summed E-state index contributed by atoms with van der Waals surface area (Å²) in [4.78, 5) is 0. The largest absolute Gasteiger partial charge is 0.331 e. The van der Waals surface area contributed by atoms with Gasteiger partial charge in [0.2, 0.25) is 0 Å². The van der Waals surface area contributed by atoms with Crippen LogP contribution < -0.4 is 0 Å². The van der Waals surface area contributed by atoms with Gasteiger partial charge in [0, 0.05) is 26.2 Å². The zero-order valence-electron chi connectivity index (χ0n) is 17.5. The van der Waals surface area contributed by atoms with Crippen LogP contribution in [0, 0.1) is 17.6 Å². The maximum Gasteiger partial charge on any atom is 0.285 e. The molecule has 0 fully saturated rings. The molecule has 0 saturated heterocycles. The van der Waals surface area contributed by atoms with Gasteiger partial charge in [0.1, 0.15) is 11.6 Å². The monoisotopic (exact) mass is 386 g/mol. The lowest BCUT2D eigenvalue weighted by Gasteiger charge is -2.39. The Hall–Kier alpha value is -1.04. The zero-order chi connectivity index (χ0) is 20.3. The van der Waals surface area contributed by atoms with Gasteiger partial charge in [-0.25, -0.2) is 8.78 Å². The van der Waals surface area contributed by atoms with Crippen LogP contribution in [-0.2, 0) is 20.6 Å². The van der Waals surface area contributed by atoms with E-state index in [1.165, 1.54) is 37.8 Å². The van der Waals surface area contributed by atoms with Crippen molar-refractivity contribution in [2.75, 3.05) is 14.2 Å². The summed E-state index contributed by atoms with van der Waals surface area (Å²) in [6.07, 6.45) is 7.98. The molecule has 0 saturated carbocycles. The van der Waals surface area contributed by atoms with E-state index in [1.54, 1.807) is 14.2 Å². The van der Waals surface area contributed by atoms with Crippen molar-refractivity contribution in [3.8, 4) is 0 Å². The second-order valence-corrected chi connectivity index (χ2v) is 7.37. The van der Waals surface area contributed by atoms with Crippen LogP contribution >= 0.6 is 0 Å². The second kappa shape index (κ2) is 12.4. The second-order valence-electron chi connectivity index (χ2n) is 7.37. The van der Waals surface area contributed by atoms with E-state index in [-0.39, 0.29) is 12.0 Å². The lowest BCUT2D eigenvalue weighted by Crippen LogP contribution is -2.47. The molecule has 1 unspecified atom stereocenters. The van der Waals surface area contributed by atoms with E-state index >= 15 is 0 Å². The van der Waals surface area contributed by atoms with Gasteiger partial charge in [-0.2, -0.15) is 0 Å². The highest BCUT2D eigenvalue weighted by Crippen LogP contribution is 2.34. The van der Waals surface area contributed by atoms with E-state index in [1.807, 2.05) is 13.8 Å². The lowest BCUT2D eigenvalue weighted by atomic mass is 9.90. The van der Waals surface area contributed by atoms with E-state index in [2.05, 4.69) is 6.92 Å². The van der Waals surface area contributed by atoms with Gasteiger partial charge >= 0.3 is 0 Å². The molecule has 0 aliphatic rings. The van der Waals surface area contributed by atoms with Crippen LogP contribution in [0.3, 0.4) is 0 Å². The van der Waals surface area contributed by atoms with Crippen LogP contribution in [0.15, 0.2) is 18.2 Å². The molecule has 0 heterocycles. The van der Waals surface area contributed by atoms with Crippen molar-refractivity contribution in [1.82, 2.24) is 0 Å². The topological polar surface area (TPSA) is 27.7 Å². The Morgan fingerprint density at radius 1 is 0.963 bits per heavy atom. The van der Waals surface area contributed by atoms with Gasteiger partial charge in [-0.05, 0) is 38.3 Å². The van der Waals surface area contributed by atoms with E-state index in [4.69, 9.17) is 14.2 Å². The predicted molar refractivity (Wildman–Crippen MR) is 105 cm³/mol. The Balaban J connectivity index is 2.92. The number of unbranched alkanes of at least 4 members (excludes halogenated alkanes) is 5. The van der Waals surface area contributed by atoms with Gasteiger partial charge < -0.3 is 14.2 Å². The molecule has 0 aliphatic heterocycles. The zero-order valence-corrected chi connectivity index (χ0v) is 17.5. The first kappa shape index (κ1) is 24.0. The molecule has 1 rings (SSSR count). The van der Waals surface area contributed by atoms with Crippen LogP contribution in [0.5, 0.6) is 0 Å². The molecule has 0 bridgehead atoms. The van der Waals surface area contributed by atoms with E-state index in [9.17, 15) is 8.78 Å². The fourth-order valence-corrected chi connectivity index (χ4v) is 3.47. The summed E-state index contributed by atoms with van der Waals surface area (Å²) in [5.41, 5.74) is 0.443. The summed E-state index contributed by atoms with van der Waals surface area (Å²) in [5, 5.41) is 0. The van der Waals surface area contributed by atoms with Crippen LogP contribution in [0.4, 0.5) is 8.78 Å². The third-order valence-corrected chi connectivity index (χ3v) is 4.86. The molecular weight excluding hydrogens is 350 g/mol. The molecule has 156 valence electrons. The van der Waals surface area contributed by atoms with Gasteiger partial charge in [-0.15, -0.1) is 0 Å². The SMILES string of the molecule is CCCCCCCCC(Cc1ccc(F)cc1F)C(OC)(OC)OC(C)C. The maximum atomic E-state index is 14.2. The summed E-state index contributed by atoms with van der Waals surface area (Å²) >= 11 is 0. The Kier molecular flexibility index (Phi) is 11.0. The molecule has 0 radical (unpaired) electrons. The van der Waals surface area contributed by atoms with Crippen LogP contribution in [0.25, 0.3) is 0 Å². The van der Waals surface area contributed by atoms with E-state index < -0.39 is 17.6 Å². The first-order valence-electron chi connectivity index (χ1n) is 10.1. The molecule has 3 nitrogen and oxygen atoms in total. The van der Waals surface area contributed by atoms with E-state index in [0.29, 0.717) is 12.0 Å². The van der Waals surface area contributed by atoms with Crippen LogP contribution in [0.2, 0.25) is 0 Å².